The third kappa shape index (κ3) is 5.78. The van der Waals surface area contributed by atoms with Crippen molar-refractivity contribution in [1.29, 1.82) is 0 Å². The zero-order valence-corrected chi connectivity index (χ0v) is 23.6. The average molecular weight is 567 g/mol. The maximum absolute atomic E-state index is 13.6. The normalized spacial score (nSPS) is 16.0. The lowest BCUT2D eigenvalue weighted by atomic mass is 9.95. The van der Waals surface area contributed by atoms with E-state index in [9.17, 15) is 14.4 Å². The molecule has 1 N–H and O–H groups in total. The highest BCUT2D eigenvalue weighted by atomic mass is 35.5. The monoisotopic (exact) mass is 565 g/mol. The SMILES string of the molecule is C[C@H](C(=O)NC1CCCCC1)N(Cc1c(Cl)cccc1Cl)C(=O)CCCN1C(=O)c2cccc3cccc1c23. The molecular weight excluding hydrogens is 533 g/mol. The van der Waals surface area contributed by atoms with Crippen molar-refractivity contribution in [2.75, 3.05) is 11.4 Å². The fourth-order valence-corrected chi connectivity index (χ4v) is 6.26. The molecule has 3 aromatic carbocycles. The van der Waals surface area contributed by atoms with E-state index in [2.05, 4.69) is 5.32 Å². The molecule has 0 saturated heterocycles. The first-order valence-corrected chi connectivity index (χ1v) is 14.5. The van der Waals surface area contributed by atoms with Crippen molar-refractivity contribution >= 4 is 57.4 Å². The van der Waals surface area contributed by atoms with Crippen LogP contribution in [-0.2, 0) is 16.1 Å². The van der Waals surface area contributed by atoms with Crippen LogP contribution in [0.15, 0.2) is 54.6 Å². The molecule has 0 bridgehead atoms. The molecule has 8 heteroatoms. The number of rotatable bonds is 9. The van der Waals surface area contributed by atoms with Crippen LogP contribution >= 0.6 is 23.2 Å². The van der Waals surface area contributed by atoms with E-state index in [0.29, 0.717) is 34.1 Å². The van der Waals surface area contributed by atoms with Crippen LogP contribution in [0, 0.1) is 0 Å². The summed E-state index contributed by atoms with van der Waals surface area (Å²) in [5.41, 5.74) is 2.18. The molecule has 1 saturated carbocycles. The molecule has 3 amide bonds. The molecule has 6 nitrogen and oxygen atoms in total. The molecule has 1 aliphatic carbocycles. The van der Waals surface area contributed by atoms with Gasteiger partial charge >= 0.3 is 0 Å². The number of anilines is 1. The van der Waals surface area contributed by atoms with Crippen LogP contribution in [-0.4, -0.2) is 41.2 Å². The Bertz CT molecular complexity index is 1380. The second-order valence-electron chi connectivity index (χ2n) is 10.5. The largest absolute Gasteiger partial charge is 0.352 e. The van der Waals surface area contributed by atoms with Gasteiger partial charge in [-0.15, -0.1) is 0 Å². The summed E-state index contributed by atoms with van der Waals surface area (Å²) in [6, 6.07) is 16.3. The first kappa shape index (κ1) is 27.5. The predicted octanol–water partition coefficient (Wildman–Crippen LogP) is 6.75. The van der Waals surface area contributed by atoms with Gasteiger partial charge in [0.05, 0.1) is 5.69 Å². The minimum absolute atomic E-state index is 0.0471. The number of carbonyl (C=O) groups excluding carboxylic acids is 3. The second kappa shape index (κ2) is 12.0. The summed E-state index contributed by atoms with van der Waals surface area (Å²) >= 11 is 12.9. The number of nitrogens with zero attached hydrogens (tertiary/aromatic N) is 2. The second-order valence-corrected chi connectivity index (χ2v) is 11.3. The number of nitrogens with one attached hydrogen (secondary N) is 1. The summed E-state index contributed by atoms with van der Waals surface area (Å²) in [6.45, 7) is 2.29. The third-order valence-electron chi connectivity index (χ3n) is 7.93. The van der Waals surface area contributed by atoms with Crippen LogP contribution in [0.2, 0.25) is 10.0 Å². The lowest BCUT2D eigenvalue weighted by molar-refractivity contribution is -0.141. The van der Waals surface area contributed by atoms with E-state index in [-0.39, 0.29) is 36.7 Å². The summed E-state index contributed by atoms with van der Waals surface area (Å²) in [7, 11) is 0. The number of halogens is 2. The molecule has 3 aromatic rings. The van der Waals surface area contributed by atoms with Crippen molar-refractivity contribution in [2.45, 2.75) is 70.5 Å². The molecule has 1 heterocycles. The third-order valence-corrected chi connectivity index (χ3v) is 8.64. The standard InChI is InChI=1S/C31H33Cl2N3O3/c1-20(30(38)34-22-11-3-2-4-12-22)36(19-24-25(32)14-7-15-26(24)33)28(37)17-8-18-35-27-16-6-10-21-9-5-13-23(29(21)27)31(35)39/h5-7,9-10,13-16,20,22H,2-4,8,11-12,17-19H2,1H3,(H,34,38)/t20-/m1/s1. The lowest BCUT2D eigenvalue weighted by Crippen LogP contribution is -2.50. The van der Waals surface area contributed by atoms with Crippen LogP contribution in [0.5, 0.6) is 0 Å². The molecule has 5 rings (SSSR count). The smallest absolute Gasteiger partial charge is 0.258 e. The lowest BCUT2D eigenvalue weighted by Gasteiger charge is -2.32. The van der Waals surface area contributed by atoms with Gasteiger partial charge in [-0.1, -0.05) is 72.8 Å². The van der Waals surface area contributed by atoms with Crippen molar-refractivity contribution in [1.82, 2.24) is 10.2 Å². The highest BCUT2D eigenvalue weighted by Gasteiger charge is 2.31. The fourth-order valence-electron chi connectivity index (χ4n) is 5.74. The highest BCUT2D eigenvalue weighted by molar-refractivity contribution is 6.36. The number of benzene rings is 3. The van der Waals surface area contributed by atoms with E-state index in [1.165, 1.54) is 6.42 Å². The van der Waals surface area contributed by atoms with Crippen LogP contribution in [0.3, 0.4) is 0 Å². The minimum atomic E-state index is -0.696. The van der Waals surface area contributed by atoms with Crippen molar-refractivity contribution in [3.05, 3.63) is 75.8 Å². The van der Waals surface area contributed by atoms with E-state index in [1.807, 2.05) is 36.4 Å². The molecule has 2 aliphatic rings. The van der Waals surface area contributed by atoms with Gasteiger partial charge in [0, 0.05) is 52.1 Å². The molecule has 1 fully saturated rings. The summed E-state index contributed by atoms with van der Waals surface area (Å²) in [5.74, 6) is -0.399. The van der Waals surface area contributed by atoms with Gasteiger partial charge in [-0.2, -0.15) is 0 Å². The molecule has 1 aliphatic heterocycles. The van der Waals surface area contributed by atoms with Crippen molar-refractivity contribution in [2.24, 2.45) is 0 Å². The topological polar surface area (TPSA) is 69.7 Å². The summed E-state index contributed by atoms with van der Waals surface area (Å²) in [4.78, 5) is 43.3. The van der Waals surface area contributed by atoms with Crippen molar-refractivity contribution in [3.8, 4) is 0 Å². The maximum atomic E-state index is 13.6. The zero-order valence-electron chi connectivity index (χ0n) is 22.1. The quantitative estimate of drug-likeness (QED) is 0.312. The van der Waals surface area contributed by atoms with Gasteiger partial charge in [0.1, 0.15) is 6.04 Å². The minimum Gasteiger partial charge on any atom is -0.352 e. The maximum Gasteiger partial charge on any atom is 0.258 e. The summed E-state index contributed by atoms with van der Waals surface area (Å²) in [5, 5.41) is 6.03. The van der Waals surface area contributed by atoms with E-state index in [0.717, 1.165) is 42.1 Å². The molecule has 0 radical (unpaired) electrons. The Morgan fingerprint density at radius 1 is 1.00 bits per heavy atom. The van der Waals surface area contributed by atoms with Crippen LogP contribution in [0.4, 0.5) is 5.69 Å². The van der Waals surface area contributed by atoms with E-state index >= 15 is 0 Å². The summed E-state index contributed by atoms with van der Waals surface area (Å²) in [6.07, 6.45) is 5.95. The van der Waals surface area contributed by atoms with Gasteiger partial charge in [0.2, 0.25) is 11.8 Å². The molecule has 0 aromatic heterocycles. The highest BCUT2D eigenvalue weighted by Crippen LogP contribution is 2.37. The van der Waals surface area contributed by atoms with E-state index < -0.39 is 6.04 Å². The Kier molecular flexibility index (Phi) is 8.43. The number of hydrogen-bond acceptors (Lipinski definition) is 3. The Morgan fingerprint density at radius 3 is 2.38 bits per heavy atom. The van der Waals surface area contributed by atoms with Crippen LogP contribution < -0.4 is 10.2 Å². The van der Waals surface area contributed by atoms with Crippen LogP contribution in [0.25, 0.3) is 10.8 Å². The predicted molar refractivity (Wildman–Crippen MR) is 156 cm³/mol. The number of carbonyl (C=O) groups is 3. The van der Waals surface area contributed by atoms with E-state index in [4.69, 9.17) is 23.2 Å². The Morgan fingerprint density at radius 2 is 1.67 bits per heavy atom. The van der Waals surface area contributed by atoms with Gasteiger partial charge in [-0.05, 0) is 55.8 Å². The summed E-state index contributed by atoms with van der Waals surface area (Å²) < 4.78 is 0. The Labute approximate surface area is 239 Å². The molecule has 0 spiro atoms. The van der Waals surface area contributed by atoms with Crippen LogP contribution in [0.1, 0.15) is 67.8 Å². The number of amides is 3. The molecule has 39 heavy (non-hydrogen) atoms. The first-order valence-electron chi connectivity index (χ1n) is 13.7. The van der Waals surface area contributed by atoms with Gasteiger partial charge < -0.3 is 15.1 Å². The number of hydrogen-bond donors (Lipinski definition) is 1. The van der Waals surface area contributed by atoms with Gasteiger partial charge in [0.15, 0.2) is 0 Å². The van der Waals surface area contributed by atoms with E-state index in [1.54, 1.807) is 34.9 Å². The Hall–Kier alpha value is -3.09. The zero-order chi connectivity index (χ0) is 27.5. The van der Waals surface area contributed by atoms with Gasteiger partial charge in [-0.25, -0.2) is 0 Å². The molecule has 1 atom stereocenters. The van der Waals surface area contributed by atoms with Crippen molar-refractivity contribution in [3.63, 3.8) is 0 Å². The van der Waals surface area contributed by atoms with Crippen molar-refractivity contribution < 1.29 is 14.4 Å². The molecule has 204 valence electrons. The molecule has 0 unspecified atom stereocenters. The van der Waals surface area contributed by atoms with Gasteiger partial charge in [0.25, 0.3) is 5.91 Å². The fraction of sp³-hybridized carbons (Fsp3) is 0.387. The van der Waals surface area contributed by atoms with Gasteiger partial charge in [-0.3, -0.25) is 14.4 Å². The average Bonchev–Trinajstić information content (AvgIpc) is 3.21. The first-order chi connectivity index (χ1) is 18.8. The molecular formula is C31H33Cl2N3O3. The Balaban J connectivity index is 1.29.